The predicted octanol–water partition coefficient (Wildman–Crippen LogP) is -1.54. The summed E-state index contributed by atoms with van der Waals surface area (Å²) in [7, 11) is 5.94. The quantitative estimate of drug-likeness (QED) is 0.226. The van der Waals surface area contributed by atoms with E-state index >= 15 is 0 Å². The molecule has 184 valence electrons. The number of nitrogens with zero attached hydrogens (tertiary/aromatic N) is 8. The van der Waals surface area contributed by atoms with E-state index in [-0.39, 0.29) is 48.4 Å². The lowest BCUT2D eigenvalue weighted by Crippen LogP contribution is -2.42. The lowest BCUT2D eigenvalue weighted by molar-refractivity contribution is -0.134. The molecule has 0 aliphatic rings. The second-order valence-corrected chi connectivity index (χ2v) is 7.97. The van der Waals surface area contributed by atoms with Gasteiger partial charge in [0.05, 0.1) is 19.8 Å². The number of methoxy groups -OCH3 is 1. The second kappa shape index (κ2) is 9.04. The molecule has 0 radical (unpaired) electrons. The summed E-state index contributed by atoms with van der Waals surface area (Å²) in [5.74, 6) is -0.537. The topological polar surface area (TPSA) is 150 Å². The molecule has 0 unspecified atom stereocenters. The molecule has 0 saturated heterocycles. The lowest BCUT2D eigenvalue weighted by atomic mass is 10.3. The molecule has 14 nitrogen and oxygen atoms in total. The largest absolute Gasteiger partial charge is 0.466 e. The number of rotatable bonds is 7. The Balaban J connectivity index is 1.67. The van der Waals surface area contributed by atoms with Crippen LogP contribution >= 0.6 is 0 Å². The van der Waals surface area contributed by atoms with Crippen LogP contribution in [0.1, 0.15) is 6.42 Å². The highest BCUT2D eigenvalue weighted by Gasteiger charge is 2.17. The molecular formula is C21H24N8O6. The molecule has 0 aliphatic heterocycles. The van der Waals surface area contributed by atoms with E-state index in [0.29, 0.717) is 0 Å². The molecule has 0 aliphatic carbocycles. The number of hydrogen-bond acceptors (Lipinski definition) is 8. The zero-order chi connectivity index (χ0) is 25.4. The zero-order valence-corrected chi connectivity index (χ0v) is 19.7. The highest BCUT2D eigenvalue weighted by atomic mass is 16.5. The van der Waals surface area contributed by atoms with E-state index in [0.717, 1.165) is 9.13 Å². The molecule has 4 aromatic heterocycles. The van der Waals surface area contributed by atoms with Gasteiger partial charge in [-0.2, -0.15) is 0 Å². The summed E-state index contributed by atoms with van der Waals surface area (Å²) in [6, 6.07) is 0. The third-order valence-electron chi connectivity index (χ3n) is 5.82. The summed E-state index contributed by atoms with van der Waals surface area (Å²) >= 11 is 0. The molecule has 4 rings (SSSR count). The van der Waals surface area contributed by atoms with E-state index in [2.05, 4.69) is 14.7 Å². The third kappa shape index (κ3) is 3.92. The van der Waals surface area contributed by atoms with E-state index in [1.165, 1.54) is 64.3 Å². The van der Waals surface area contributed by atoms with Crippen LogP contribution in [0.15, 0.2) is 44.0 Å². The number of imidazole rings is 2. The smallest absolute Gasteiger partial charge is 0.332 e. The first kappa shape index (κ1) is 23.7. The first-order valence-corrected chi connectivity index (χ1v) is 10.7. The normalized spacial score (nSPS) is 11.8. The summed E-state index contributed by atoms with van der Waals surface area (Å²) in [4.78, 5) is 71.1. The SMILES string of the molecule is COC(=O)/C=C/Cn1cnc2c1c(=O)n(CCCn1c(=O)c3c(ncn3C)n(C)c1=O)c(=O)n2C. The molecule has 0 fully saturated rings. The van der Waals surface area contributed by atoms with E-state index in [9.17, 15) is 24.0 Å². The monoisotopic (exact) mass is 484 g/mol. The number of hydrogen-bond donors (Lipinski definition) is 0. The van der Waals surface area contributed by atoms with Crippen molar-refractivity contribution < 1.29 is 9.53 Å². The molecule has 0 amide bonds. The maximum atomic E-state index is 13.2. The van der Waals surface area contributed by atoms with Gasteiger partial charge in [0.15, 0.2) is 22.3 Å². The van der Waals surface area contributed by atoms with E-state index in [4.69, 9.17) is 0 Å². The molecule has 0 bridgehead atoms. The van der Waals surface area contributed by atoms with Crippen LogP contribution in [0.3, 0.4) is 0 Å². The molecule has 4 heterocycles. The van der Waals surface area contributed by atoms with Crippen molar-refractivity contribution in [2.75, 3.05) is 7.11 Å². The fourth-order valence-corrected chi connectivity index (χ4v) is 3.97. The van der Waals surface area contributed by atoms with Crippen molar-refractivity contribution >= 4 is 28.3 Å². The van der Waals surface area contributed by atoms with Crippen LogP contribution in [0.5, 0.6) is 0 Å². The van der Waals surface area contributed by atoms with Gasteiger partial charge in [-0.3, -0.25) is 27.9 Å². The number of fused-ring (bicyclic) bond motifs is 2. The van der Waals surface area contributed by atoms with Gasteiger partial charge in [-0.15, -0.1) is 0 Å². The predicted molar refractivity (Wildman–Crippen MR) is 125 cm³/mol. The first-order valence-electron chi connectivity index (χ1n) is 10.7. The van der Waals surface area contributed by atoms with Crippen LogP contribution in [0.25, 0.3) is 22.3 Å². The van der Waals surface area contributed by atoms with Crippen molar-refractivity contribution in [3.63, 3.8) is 0 Å². The summed E-state index contributed by atoms with van der Waals surface area (Å²) < 4.78 is 12.3. The maximum Gasteiger partial charge on any atom is 0.332 e. The first-order chi connectivity index (χ1) is 16.7. The number of esters is 1. The average molecular weight is 484 g/mol. The van der Waals surface area contributed by atoms with Crippen LogP contribution in [-0.2, 0) is 50.3 Å². The minimum absolute atomic E-state index is 0.00138. The summed E-state index contributed by atoms with van der Waals surface area (Å²) in [5.41, 5.74) is -1.20. The van der Waals surface area contributed by atoms with Crippen LogP contribution in [0, 0.1) is 0 Å². The molecule has 0 N–H and O–H groups in total. The number of ether oxygens (including phenoxy) is 1. The fraction of sp³-hybridized carbons (Fsp3) is 0.381. The summed E-state index contributed by atoms with van der Waals surface area (Å²) in [6.07, 6.45) is 5.78. The Kier molecular flexibility index (Phi) is 6.11. The van der Waals surface area contributed by atoms with Gasteiger partial charge in [0, 0.05) is 46.9 Å². The fourth-order valence-electron chi connectivity index (χ4n) is 3.97. The van der Waals surface area contributed by atoms with Gasteiger partial charge in [-0.25, -0.2) is 24.4 Å². The summed E-state index contributed by atoms with van der Waals surface area (Å²) in [6.45, 7) is 0.139. The van der Waals surface area contributed by atoms with E-state index in [1.54, 1.807) is 7.05 Å². The Morgan fingerprint density at radius 3 is 2.03 bits per heavy atom. The van der Waals surface area contributed by atoms with Crippen molar-refractivity contribution in [2.24, 2.45) is 21.1 Å². The number of carbonyl (C=O) groups excluding carboxylic acids is 1. The van der Waals surface area contributed by atoms with E-state index < -0.39 is 28.5 Å². The van der Waals surface area contributed by atoms with Gasteiger partial charge >= 0.3 is 17.3 Å². The van der Waals surface area contributed by atoms with Crippen molar-refractivity contribution in [3.8, 4) is 0 Å². The Morgan fingerprint density at radius 1 is 0.886 bits per heavy atom. The average Bonchev–Trinajstić information content (AvgIpc) is 3.44. The number of allylic oxidation sites excluding steroid dienone is 1. The zero-order valence-electron chi connectivity index (χ0n) is 19.7. The van der Waals surface area contributed by atoms with Gasteiger partial charge in [0.2, 0.25) is 0 Å². The van der Waals surface area contributed by atoms with Gasteiger partial charge in [-0.05, 0) is 6.42 Å². The molecule has 0 spiro atoms. The highest BCUT2D eigenvalue weighted by Crippen LogP contribution is 2.07. The lowest BCUT2D eigenvalue weighted by Gasteiger charge is -2.11. The molecule has 14 heteroatoms. The van der Waals surface area contributed by atoms with Gasteiger partial charge in [0.1, 0.15) is 0 Å². The van der Waals surface area contributed by atoms with Crippen LogP contribution in [0.2, 0.25) is 0 Å². The van der Waals surface area contributed by atoms with Crippen molar-refractivity contribution in [1.82, 2.24) is 37.4 Å². The minimum Gasteiger partial charge on any atom is -0.466 e. The van der Waals surface area contributed by atoms with Crippen molar-refractivity contribution in [3.05, 3.63) is 66.5 Å². The number of aromatic nitrogens is 8. The van der Waals surface area contributed by atoms with Gasteiger partial charge < -0.3 is 13.9 Å². The van der Waals surface area contributed by atoms with Crippen LogP contribution in [-0.4, -0.2) is 50.4 Å². The molecule has 0 aromatic carbocycles. The van der Waals surface area contributed by atoms with E-state index in [1.807, 2.05) is 0 Å². The van der Waals surface area contributed by atoms with Crippen LogP contribution < -0.4 is 22.5 Å². The molecule has 0 atom stereocenters. The number of aryl methyl sites for hydroxylation is 3. The Labute approximate surface area is 196 Å². The second-order valence-electron chi connectivity index (χ2n) is 7.97. The Morgan fingerprint density at radius 2 is 1.43 bits per heavy atom. The maximum absolute atomic E-state index is 13.2. The molecule has 35 heavy (non-hydrogen) atoms. The highest BCUT2D eigenvalue weighted by molar-refractivity contribution is 5.81. The van der Waals surface area contributed by atoms with Crippen molar-refractivity contribution in [2.45, 2.75) is 26.1 Å². The minimum atomic E-state index is -0.569. The van der Waals surface area contributed by atoms with Crippen LogP contribution in [0.4, 0.5) is 0 Å². The van der Waals surface area contributed by atoms with Crippen molar-refractivity contribution in [1.29, 1.82) is 0 Å². The van der Waals surface area contributed by atoms with Gasteiger partial charge in [-0.1, -0.05) is 6.08 Å². The Bertz CT molecular complexity index is 1730. The third-order valence-corrected chi connectivity index (χ3v) is 5.82. The summed E-state index contributed by atoms with van der Waals surface area (Å²) in [5, 5.41) is 0. The molecular weight excluding hydrogens is 460 g/mol. The van der Waals surface area contributed by atoms with Gasteiger partial charge in [0.25, 0.3) is 11.1 Å². The molecule has 0 saturated carbocycles. The number of carbonyl (C=O) groups is 1. The Hall–Kier alpha value is -4.49. The standard InChI is InChI=1S/C21H24N8O6/c1-24-11-22-16-14(24)18(31)28(20(33)25(16)2)9-6-10-29-19(32)15-17(26(3)21(29)34)23-12-27(15)8-5-7-13(30)35-4/h5,7,11-12H,6,8-10H2,1-4H3/b7-5+. The molecule has 4 aromatic rings.